The van der Waals surface area contributed by atoms with Gasteiger partial charge in [0.2, 0.25) is 0 Å². The van der Waals surface area contributed by atoms with Crippen LogP contribution in [0.2, 0.25) is 0 Å². The molecule has 1 aliphatic carbocycles. The molecule has 13 heavy (non-hydrogen) atoms. The van der Waals surface area contributed by atoms with Gasteiger partial charge in [-0.1, -0.05) is 15.9 Å². The normalized spacial score (nSPS) is 18.7. The molecule has 1 fully saturated rings. The Morgan fingerprint density at radius 2 is 2.08 bits per heavy atom. The van der Waals surface area contributed by atoms with Gasteiger partial charge in [0.15, 0.2) is 0 Å². The van der Waals surface area contributed by atoms with Crippen molar-refractivity contribution < 1.29 is 4.39 Å². The van der Waals surface area contributed by atoms with Crippen molar-refractivity contribution in [2.24, 2.45) is 0 Å². The molecule has 1 aromatic carbocycles. The van der Waals surface area contributed by atoms with Gasteiger partial charge in [0.25, 0.3) is 0 Å². The molecule has 2 rings (SSSR count). The van der Waals surface area contributed by atoms with E-state index in [1.807, 2.05) is 13.0 Å². The van der Waals surface area contributed by atoms with E-state index in [2.05, 4.69) is 15.9 Å². The van der Waals surface area contributed by atoms with Crippen molar-refractivity contribution in [2.75, 3.05) is 5.73 Å². The zero-order valence-electron chi connectivity index (χ0n) is 7.40. The molecule has 0 heterocycles. The predicted octanol–water partition coefficient (Wildman–Crippen LogP) is 3.30. The van der Waals surface area contributed by atoms with Gasteiger partial charge in [0, 0.05) is 15.7 Å². The van der Waals surface area contributed by atoms with Crippen molar-refractivity contribution in [1.82, 2.24) is 0 Å². The maximum Gasteiger partial charge on any atom is 0.138 e. The summed E-state index contributed by atoms with van der Waals surface area (Å²) in [6.45, 7) is 1.90. The van der Waals surface area contributed by atoms with Gasteiger partial charge in [0.05, 0.1) is 0 Å². The number of hydrogen-bond acceptors (Lipinski definition) is 1. The third kappa shape index (κ3) is 1.46. The molecule has 1 nitrogen and oxygen atoms in total. The molecule has 1 aliphatic rings. The first-order valence-corrected chi connectivity index (χ1v) is 5.07. The lowest BCUT2D eigenvalue weighted by atomic mass is 10.0. The molecule has 0 spiro atoms. The first-order valence-electron chi connectivity index (χ1n) is 4.28. The monoisotopic (exact) mass is 243 g/mol. The summed E-state index contributed by atoms with van der Waals surface area (Å²) in [6.07, 6.45) is 1.21. The van der Waals surface area contributed by atoms with Crippen molar-refractivity contribution in [1.29, 1.82) is 0 Å². The van der Waals surface area contributed by atoms with Crippen LogP contribution in [-0.4, -0.2) is 0 Å². The van der Waals surface area contributed by atoms with Crippen LogP contribution in [0.4, 0.5) is 10.1 Å². The maximum absolute atomic E-state index is 13.8. The zero-order chi connectivity index (χ0) is 9.64. The first kappa shape index (κ1) is 9.00. The number of benzene rings is 1. The first-order chi connectivity index (χ1) is 6.03. The van der Waals surface area contributed by atoms with Gasteiger partial charge in [-0.05, 0) is 37.5 Å². The predicted molar refractivity (Wildman–Crippen MR) is 55.3 cm³/mol. The Bertz CT molecular complexity index is 358. The Morgan fingerprint density at radius 3 is 2.62 bits per heavy atom. The van der Waals surface area contributed by atoms with Crippen molar-refractivity contribution in [3.8, 4) is 0 Å². The second kappa shape index (κ2) is 2.71. The van der Waals surface area contributed by atoms with E-state index < -0.39 is 5.67 Å². The largest absolute Gasteiger partial charge is 0.398 e. The molecule has 1 aromatic rings. The third-order valence-electron chi connectivity index (χ3n) is 2.52. The molecular weight excluding hydrogens is 233 g/mol. The van der Waals surface area contributed by atoms with Crippen LogP contribution in [0.25, 0.3) is 0 Å². The summed E-state index contributed by atoms with van der Waals surface area (Å²) in [7, 11) is 0. The third-order valence-corrected chi connectivity index (χ3v) is 2.98. The number of hydrogen-bond donors (Lipinski definition) is 1. The average Bonchev–Trinajstić information content (AvgIpc) is 2.77. The van der Waals surface area contributed by atoms with Crippen molar-refractivity contribution in [2.45, 2.75) is 25.4 Å². The SMILES string of the molecule is Cc1cc(Br)cc(C2(F)CC2)c1N. The smallest absolute Gasteiger partial charge is 0.138 e. The molecule has 0 atom stereocenters. The number of alkyl halides is 1. The Balaban J connectivity index is 2.56. The Hall–Kier alpha value is -0.570. The van der Waals surface area contributed by atoms with Crippen LogP contribution in [0.3, 0.4) is 0 Å². The summed E-state index contributed by atoms with van der Waals surface area (Å²) < 4.78 is 14.7. The topological polar surface area (TPSA) is 26.0 Å². The highest BCUT2D eigenvalue weighted by atomic mass is 79.9. The fourth-order valence-electron chi connectivity index (χ4n) is 1.50. The second-order valence-electron chi connectivity index (χ2n) is 3.65. The summed E-state index contributed by atoms with van der Waals surface area (Å²) in [6, 6.07) is 3.69. The summed E-state index contributed by atoms with van der Waals surface area (Å²) in [5, 5.41) is 0. The minimum absolute atomic E-state index is 0.600. The highest BCUT2D eigenvalue weighted by Gasteiger charge is 2.46. The van der Waals surface area contributed by atoms with E-state index in [0.717, 1.165) is 10.0 Å². The fraction of sp³-hybridized carbons (Fsp3) is 0.400. The summed E-state index contributed by atoms with van der Waals surface area (Å²) in [4.78, 5) is 0. The molecule has 2 N–H and O–H groups in total. The van der Waals surface area contributed by atoms with Gasteiger partial charge in [-0.3, -0.25) is 0 Å². The van der Waals surface area contributed by atoms with E-state index in [1.165, 1.54) is 0 Å². The van der Waals surface area contributed by atoms with Gasteiger partial charge in [0.1, 0.15) is 5.67 Å². The molecule has 1 saturated carbocycles. The number of rotatable bonds is 1. The van der Waals surface area contributed by atoms with Crippen molar-refractivity contribution >= 4 is 21.6 Å². The molecule has 3 heteroatoms. The van der Waals surface area contributed by atoms with Crippen LogP contribution >= 0.6 is 15.9 Å². The van der Waals surface area contributed by atoms with E-state index in [0.29, 0.717) is 24.1 Å². The van der Waals surface area contributed by atoms with Gasteiger partial charge < -0.3 is 5.73 Å². The molecule has 0 bridgehead atoms. The van der Waals surface area contributed by atoms with Crippen molar-refractivity contribution in [3.05, 3.63) is 27.7 Å². The Labute approximate surface area is 85.3 Å². The van der Waals surface area contributed by atoms with E-state index >= 15 is 0 Å². The van der Waals surface area contributed by atoms with E-state index in [9.17, 15) is 4.39 Å². The van der Waals surface area contributed by atoms with Gasteiger partial charge in [-0.15, -0.1) is 0 Å². The molecule has 0 aliphatic heterocycles. The number of halogens is 2. The van der Waals surface area contributed by atoms with E-state index in [4.69, 9.17) is 5.73 Å². The van der Waals surface area contributed by atoms with Crippen LogP contribution in [-0.2, 0) is 5.67 Å². The van der Waals surface area contributed by atoms with E-state index in [-0.39, 0.29) is 0 Å². The molecule has 70 valence electrons. The lowest BCUT2D eigenvalue weighted by Crippen LogP contribution is -2.05. The fourth-order valence-corrected chi connectivity index (χ4v) is 2.08. The number of anilines is 1. The molecule has 0 unspecified atom stereocenters. The highest BCUT2D eigenvalue weighted by Crippen LogP contribution is 2.52. The van der Waals surface area contributed by atoms with Gasteiger partial charge >= 0.3 is 0 Å². The maximum atomic E-state index is 13.8. The number of aryl methyl sites for hydroxylation is 1. The summed E-state index contributed by atoms with van der Waals surface area (Å²) in [5.41, 5.74) is 6.87. The highest BCUT2D eigenvalue weighted by molar-refractivity contribution is 9.10. The van der Waals surface area contributed by atoms with Crippen LogP contribution in [0.5, 0.6) is 0 Å². The van der Waals surface area contributed by atoms with Gasteiger partial charge in [-0.25, -0.2) is 4.39 Å². The summed E-state index contributed by atoms with van der Waals surface area (Å²) in [5.74, 6) is 0. The molecular formula is C10H11BrFN. The molecule has 0 amide bonds. The van der Waals surface area contributed by atoms with Crippen LogP contribution < -0.4 is 5.73 Å². The second-order valence-corrected chi connectivity index (χ2v) is 4.56. The zero-order valence-corrected chi connectivity index (χ0v) is 8.99. The molecule has 0 radical (unpaired) electrons. The Kier molecular flexibility index (Phi) is 1.88. The van der Waals surface area contributed by atoms with Crippen LogP contribution in [0, 0.1) is 6.92 Å². The summed E-state index contributed by atoms with van der Waals surface area (Å²) >= 11 is 3.35. The molecule has 0 aromatic heterocycles. The average molecular weight is 244 g/mol. The van der Waals surface area contributed by atoms with Crippen LogP contribution in [0.1, 0.15) is 24.0 Å². The number of nitrogens with two attached hydrogens (primary N) is 1. The quantitative estimate of drug-likeness (QED) is 0.753. The lowest BCUT2D eigenvalue weighted by Gasteiger charge is -2.12. The standard InChI is InChI=1S/C10H11BrFN/c1-6-4-7(11)5-8(9(6)13)10(12)2-3-10/h4-5H,2-3,13H2,1H3. The minimum Gasteiger partial charge on any atom is -0.398 e. The van der Waals surface area contributed by atoms with Crippen molar-refractivity contribution in [3.63, 3.8) is 0 Å². The van der Waals surface area contributed by atoms with E-state index in [1.54, 1.807) is 6.07 Å². The lowest BCUT2D eigenvalue weighted by molar-refractivity contribution is 0.318. The minimum atomic E-state index is -1.14. The Morgan fingerprint density at radius 1 is 1.46 bits per heavy atom. The van der Waals surface area contributed by atoms with Crippen LogP contribution in [0.15, 0.2) is 16.6 Å². The van der Waals surface area contributed by atoms with Gasteiger partial charge in [-0.2, -0.15) is 0 Å². The molecule has 0 saturated heterocycles. The number of nitrogen functional groups attached to an aromatic ring is 1.